The fraction of sp³-hybridized carbons (Fsp3) is 0.200. The Morgan fingerprint density at radius 2 is 2.31 bits per heavy atom. The van der Waals surface area contributed by atoms with Crippen LogP contribution in [0.5, 0.6) is 5.75 Å². The number of rotatable bonds is 0. The molecular formula is C10H7NO2. The highest BCUT2D eigenvalue weighted by Crippen LogP contribution is 2.31. The fourth-order valence-electron chi connectivity index (χ4n) is 1.42. The normalized spacial score (nSPS) is 13.4. The predicted octanol–water partition coefficient (Wildman–Crippen LogP) is 1.33. The molecule has 0 fully saturated rings. The topological polar surface area (TPSA) is 50.1 Å². The summed E-state index contributed by atoms with van der Waals surface area (Å²) >= 11 is 0. The number of hydrogen-bond acceptors (Lipinski definition) is 3. The summed E-state index contributed by atoms with van der Waals surface area (Å²) in [5.74, 6) is 0.171. The van der Waals surface area contributed by atoms with Crippen LogP contribution in [0.2, 0.25) is 0 Å². The van der Waals surface area contributed by atoms with Crippen LogP contribution in [-0.2, 0) is 11.2 Å². The number of nitriles is 1. The number of nitrogens with zero attached hydrogens (tertiary/aromatic N) is 1. The van der Waals surface area contributed by atoms with Crippen LogP contribution in [0.15, 0.2) is 12.1 Å². The molecule has 0 amide bonds. The number of aryl methyl sites for hydroxylation is 1. The first-order valence-corrected chi connectivity index (χ1v) is 3.95. The molecule has 1 heterocycles. The Morgan fingerprint density at radius 3 is 3.00 bits per heavy atom. The van der Waals surface area contributed by atoms with Crippen molar-refractivity contribution in [2.45, 2.75) is 13.3 Å². The molecule has 0 spiro atoms. The second-order valence-electron chi connectivity index (χ2n) is 3.01. The molecule has 1 aromatic carbocycles. The molecule has 0 aliphatic carbocycles. The summed E-state index contributed by atoms with van der Waals surface area (Å²) < 4.78 is 4.95. The average molecular weight is 173 g/mol. The maximum atomic E-state index is 10.9. The fourth-order valence-corrected chi connectivity index (χ4v) is 1.42. The molecule has 0 radical (unpaired) electrons. The van der Waals surface area contributed by atoms with Gasteiger partial charge in [-0.05, 0) is 12.5 Å². The quantitative estimate of drug-likeness (QED) is 0.439. The second-order valence-corrected chi connectivity index (χ2v) is 3.01. The van der Waals surface area contributed by atoms with E-state index in [1.54, 1.807) is 0 Å². The highest BCUT2D eigenvalue weighted by Gasteiger charge is 2.24. The minimum Gasteiger partial charge on any atom is -0.425 e. The molecule has 1 aliphatic heterocycles. The number of carbonyl (C=O) groups is 1. The number of benzene rings is 1. The standard InChI is InChI=1S/C10H7NO2/c1-6-2-3-7-4-9(12)13-10(7)8(6)5-11/h2-3H,4H2,1H3. The molecule has 3 heteroatoms. The molecule has 64 valence electrons. The molecule has 13 heavy (non-hydrogen) atoms. The van der Waals surface area contributed by atoms with E-state index in [0.717, 1.165) is 11.1 Å². The Hall–Kier alpha value is -1.82. The minimum absolute atomic E-state index is 0.280. The van der Waals surface area contributed by atoms with Crippen molar-refractivity contribution >= 4 is 5.97 Å². The molecular weight excluding hydrogens is 166 g/mol. The molecule has 2 rings (SSSR count). The van der Waals surface area contributed by atoms with Crippen LogP contribution in [0.3, 0.4) is 0 Å². The monoisotopic (exact) mass is 173 g/mol. The van der Waals surface area contributed by atoms with Crippen molar-refractivity contribution < 1.29 is 9.53 Å². The third-order valence-corrected chi connectivity index (χ3v) is 2.11. The van der Waals surface area contributed by atoms with Gasteiger partial charge in [0.05, 0.1) is 12.0 Å². The van der Waals surface area contributed by atoms with Crippen LogP contribution < -0.4 is 4.74 Å². The molecule has 0 saturated heterocycles. The zero-order valence-electron chi connectivity index (χ0n) is 7.13. The Kier molecular flexibility index (Phi) is 1.56. The van der Waals surface area contributed by atoms with E-state index in [2.05, 4.69) is 0 Å². The van der Waals surface area contributed by atoms with Gasteiger partial charge in [-0.15, -0.1) is 0 Å². The molecule has 0 unspecified atom stereocenters. The first-order chi connectivity index (χ1) is 6.22. The number of hydrogen-bond donors (Lipinski definition) is 0. The van der Waals surface area contributed by atoms with Gasteiger partial charge in [0.1, 0.15) is 6.07 Å². The van der Waals surface area contributed by atoms with Crippen LogP contribution in [0.4, 0.5) is 0 Å². The van der Waals surface area contributed by atoms with E-state index in [4.69, 9.17) is 10.00 Å². The van der Waals surface area contributed by atoms with Crippen molar-refractivity contribution in [2.24, 2.45) is 0 Å². The molecule has 1 aliphatic rings. The highest BCUT2D eigenvalue weighted by molar-refractivity contribution is 5.82. The molecule has 3 nitrogen and oxygen atoms in total. The molecule has 0 aromatic heterocycles. The van der Waals surface area contributed by atoms with E-state index in [9.17, 15) is 4.79 Å². The highest BCUT2D eigenvalue weighted by atomic mass is 16.5. The van der Waals surface area contributed by atoms with Crippen molar-refractivity contribution in [1.29, 1.82) is 5.26 Å². The summed E-state index contributed by atoms with van der Waals surface area (Å²) in [5, 5.41) is 8.83. The van der Waals surface area contributed by atoms with Crippen LogP contribution in [0.1, 0.15) is 16.7 Å². The smallest absolute Gasteiger partial charge is 0.315 e. The van der Waals surface area contributed by atoms with Crippen LogP contribution in [-0.4, -0.2) is 5.97 Å². The Balaban J connectivity index is 2.66. The van der Waals surface area contributed by atoms with E-state index in [1.807, 2.05) is 25.1 Å². The molecule has 0 N–H and O–H groups in total. The van der Waals surface area contributed by atoms with Gasteiger partial charge in [0.25, 0.3) is 0 Å². The van der Waals surface area contributed by atoms with E-state index in [0.29, 0.717) is 11.3 Å². The van der Waals surface area contributed by atoms with Crippen molar-refractivity contribution in [2.75, 3.05) is 0 Å². The van der Waals surface area contributed by atoms with Crippen molar-refractivity contribution in [3.63, 3.8) is 0 Å². The molecule has 1 aromatic rings. The lowest BCUT2D eigenvalue weighted by Gasteiger charge is -2.01. The lowest BCUT2D eigenvalue weighted by molar-refractivity contribution is -0.131. The van der Waals surface area contributed by atoms with Gasteiger partial charge < -0.3 is 4.74 Å². The van der Waals surface area contributed by atoms with Gasteiger partial charge in [-0.1, -0.05) is 12.1 Å². The number of esters is 1. The van der Waals surface area contributed by atoms with E-state index >= 15 is 0 Å². The second kappa shape index (κ2) is 2.60. The van der Waals surface area contributed by atoms with Gasteiger partial charge in [0, 0.05) is 5.56 Å². The molecule has 0 atom stereocenters. The van der Waals surface area contributed by atoms with Crippen molar-refractivity contribution in [3.8, 4) is 11.8 Å². The Labute approximate surface area is 75.6 Å². The minimum atomic E-state index is -0.280. The predicted molar refractivity (Wildman–Crippen MR) is 45.2 cm³/mol. The molecule has 0 bridgehead atoms. The van der Waals surface area contributed by atoms with Gasteiger partial charge in [0.15, 0.2) is 5.75 Å². The van der Waals surface area contributed by atoms with Gasteiger partial charge in [-0.25, -0.2) is 0 Å². The maximum absolute atomic E-state index is 10.9. The van der Waals surface area contributed by atoms with Crippen molar-refractivity contribution in [3.05, 3.63) is 28.8 Å². The van der Waals surface area contributed by atoms with Gasteiger partial charge >= 0.3 is 5.97 Å². The van der Waals surface area contributed by atoms with Crippen LogP contribution >= 0.6 is 0 Å². The third kappa shape index (κ3) is 1.07. The zero-order valence-corrected chi connectivity index (χ0v) is 7.13. The number of ether oxygens (including phenoxy) is 1. The van der Waals surface area contributed by atoms with E-state index in [1.165, 1.54) is 0 Å². The summed E-state index contributed by atoms with van der Waals surface area (Å²) in [6.07, 6.45) is 0.282. The van der Waals surface area contributed by atoms with Crippen LogP contribution in [0.25, 0.3) is 0 Å². The van der Waals surface area contributed by atoms with Gasteiger partial charge in [0.2, 0.25) is 0 Å². The Bertz CT molecular complexity index is 429. The van der Waals surface area contributed by atoms with Crippen LogP contribution in [0, 0.1) is 18.3 Å². The maximum Gasteiger partial charge on any atom is 0.315 e. The Morgan fingerprint density at radius 1 is 1.54 bits per heavy atom. The summed E-state index contributed by atoms with van der Waals surface area (Å²) in [4.78, 5) is 10.9. The average Bonchev–Trinajstić information content (AvgIpc) is 2.45. The summed E-state index contributed by atoms with van der Waals surface area (Å²) in [6, 6.07) is 5.70. The lowest BCUT2D eigenvalue weighted by atomic mass is 10.0. The molecule has 0 saturated carbocycles. The van der Waals surface area contributed by atoms with Crippen molar-refractivity contribution in [1.82, 2.24) is 0 Å². The van der Waals surface area contributed by atoms with E-state index in [-0.39, 0.29) is 12.4 Å². The largest absolute Gasteiger partial charge is 0.425 e. The lowest BCUT2D eigenvalue weighted by Crippen LogP contribution is -2.00. The van der Waals surface area contributed by atoms with Gasteiger partial charge in [-0.2, -0.15) is 5.26 Å². The number of carbonyl (C=O) groups excluding carboxylic acids is 1. The first kappa shape index (κ1) is 7.81. The van der Waals surface area contributed by atoms with E-state index < -0.39 is 0 Å². The SMILES string of the molecule is Cc1ccc2c(c1C#N)OC(=O)C2. The first-order valence-electron chi connectivity index (χ1n) is 3.95. The summed E-state index contributed by atoms with van der Waals surface area (Å²) in [6.45, 7) is 1.82. The summed E-state index contributed by atoms with van der Waals surface area (Å²) in [7, 11) is 0. The third-order valence-electron chi connectivity index (χ3n) is 2.11. The van der Waals surface area contributed by atoms with Gasteiger partial charge in [-0.3, -0.25) is 4.79 Å². The number of fused-ring (bicyclic) bond motifs is 1. The summed E-state index contributed by atoms with van der Waals surface area (Å²) in [5.41, 5.74) is 2.13. The zero-order chi connectivity index (χ0) is 9.42.